The summed E-state index contributed by atoms with van der Waals surface area (Å²) >= 11 is 6.05. The molecule has 8 heteroatoms. The van der Waals surface area contributed by atoms with Gasteiger partial charge in [0, 0.05) is 50.0 Å². The van der Waals surface area contributed by atoms with Crippen molar-refractivity contribution in [3.8, 4) is 0 Å². The molecule has 0 N–H and O–H groups in total. The summed E-state index contributed by atoms with van der Waals surface area (Å²) in [4.78, 5) is 16.9. The van der Waals surface area contributed by atoms with E-state index in [0.717, 1.165) is 31.6 Å². The molecule has 2 fully saturated rings. The second-order valence-corrected chi connectivity index (χ2v) is 9.17. The van der Waals surface area contributed by atoms with Crippen molar-refractivity contribution >= 4 is 33.2 Å². The van der Waals surface area contributed by atoms with E-state index in [2.05, 4.69) is 4.90 Å². The second-order valence-electron chi connectivity index (χ2n) is 6.75. The molecule has 0 bridgehead atoms. The fraction of sp³-hybridized carbons (Fsp3) is 0.588. The van der Waals surface area contributed by atoms with Crippen LogP contribution >= 0.6 is 11.6 Å². The zero-order chi connectivity index (χ0) is 18.0. The summed E-state index contributed by atoms with van der Waals surface area (Å²) < 4.78 is 24.9. The lowest BCUT2D eigenvalue weighted by molar-refractivity contribution is -0.137. The Bertz CT molecular complexity index is 732. The number of carbonyl (C=O) groups excluding carboxylic acids is 1. The Hall–Kier alpha value is -1.31. The highest BCUT2D eigenvalue weighted by atomic mass is 35.5. The van der Waals surface area contributed by atoms with Crippen LogP contribution < -0.4 is 4.90 Å². The topological polar surface area (TPSA) is 60.9 Å². The van der Waals surface area contributed by atoms with Crippen molar-refractivity contribution < 1.29 is 13.2 Å². The molecule has 0 aromatic heterocycles. The van der Waals surface area contributed by atoms with Crippen molar-refractivity contribution in [3.05, 3.63) is 29.3 Å². The monoisotopic (exact) mass is 385 g/mol. The quantitative estimate of drug-likeness (QED) is 0.794. The third-order valence-corrected chi connectivity index (χ3v) is 6.47. The van der Waals surface area contributed by atoms with Crippen molar-refractivity contribution in [1.29, 1.82) is 0 Å². The van der Waals surface area contributed by atoms with Gasteiger partial charge in [-0.15, -0.1) is 0 Å². The number of hydrogen-bond acceptors (Lipinski definition) is 4. The molecule has 0 aliphatic carbocycles. The molecular formula is C17H24ClN3O3S. The van der Waals surface area contributed by atoms with Crippen LogP contribution in [0.4, 0.5) is 5.69 Å². The fourth-order valence-corrected chi connectivity index (χ4v) is 4.66. The van der Waals surface area contributed by atoms with E-state index in [-0.39, 0.29) is 11.8 Å². The zero-order valence-electron chi connectivity index (χ0n) is 14.4. The summed E-state index contributed by atoms with van der Waals surface area (Å²) in [5, 5.41) is 0.707. The molecule has 3 rings (SSSR count). The Morgan fingerprint density at radius 2 is 1.88 bits per heavy atom. The highest BCUT2D eigenvalue weighted by Crippen LogP contribution is 2.24. The summed E-state index contributed by atoms with van der Waals surface area (Å²) in [5.41, 5.74) is 1.07. The Labute approximate surface area is 154 Å². The molecule has 2 heterocycles. The molecule has 2 saturated heterocycles. The van der Waals surface area contributed by atoms with Crippen molar-refractivity contribution in [2.24, 2.45) is 5.92 Å². The molecule has 25 heavy (non-hydrogen) atoms. The van der Waals surface area contributed by atoms with E-state index in [1.807, 2.05) is 29.2 Å². The average Bonchev–Trinajstić information content (AvgIpc) is 2.61. The minimum Gasteiger partial charge on any atom is -0.368 e. The van der Waals surface area contributed by atoms with Crippen LogP contribution in [0.15, 0.2) is 24.3 Å². The highest BCUT2D eigenvalue weighted by Gasteiger charge is 2.33. The van der Waals surface area contributed by atoms with Gasteiger partial charge >= 0.3 is 0 Å². The van der Waals surface area contributed by atoms with Crippen molar-refractivity contribution in [2.45, 2.75) is 12.8 Å². The van der Waals surface area contributed by atoms with Gasteiger partial charge in [0.15, 0.2) is 0 Å². The highest BCUT2D eigenvalue weighted by molar-refractivity contribution is 7.88. The lowest BCUT2D eigenvalue weighted by Crippen LogP contribution is -2.53. The Morgan fingerprint density at radius 1 is 1.16 bits per heavy atom. The molecule has 1 atom stereocenters. The molecule has 1 amide bonds. The van der Waals surface area contributed by atoms with Gasteiger partial charge in [-0.3, -0.25) is 4.79 Å². The molecule has 1 aromatic rings. The molecule has 0 unspecified atom stereocenters. The van der Waals surface area contributed by atoms with Gasteiger partial charge in [0.05, 0.1) is 12.2 Å². The van der Waals surface area contributed by atoms with E-state index in [1.165, 1.54) is 10.6 Å². The maximum Gasteiger partial charge on any atom is 0.227 e. The number of sulfonamides is 1. The Kier molecular flexibility index (Phi) is 5.55. The predicted octanol–water partition coefficient (Wildman–Crippen LogP) is 1.66. The van der Waals surface area contributed by atoms with Gasteiger partial charge in [-0.1, -0.05) is 17.7 Å². The second kappa shape index (κ2) is 7.51. The van der Waals surface area contributed by atoms with Crippen molar-refractivity contribution in [1.82, 2.24) is 9.21 Å². The summed E-state index contributed by atoms with van der Waals surface area (Å²) in [5.74, 6) is -0.139. The first kappa shape index (κ1) is 18.5. The first-order chi connectivity index (χ1) is 11.8. The first-order valence-corrected chi connectivity index (χ1v) is 10.8. The molecule has 0 saturated carbocycles. The number of piperidine rings is 1. The lowest BCUT2D eigenvalue weighted by atomic mass is 9.97. The normalized spacial score (nSPS) is 22.9. The maximum atomic E-state index is 12.8. The van der Waals surface area contributed by atoms with Gasteiger partial charge in [-0.05, 0) is 31.0 Å². The van der Waals surface area contributed by atoms with Crippen molar-refractivity contribution in [2.75, 3.05) is 50.4 Å². The molecule has 6 nitrogen and oxygen atoms in total. The van der Waals surface area contributed by atoms with Crippen LogP contribution in [0.1, 0.15) is 12.8 Å². The number of amides is 1. The number of halogens is 1. The number of hydrogen-bond donors (Lipinski definition) is 0. The minimum atomic E-state index is -3.23. The summed E-state index contributed by atoms with van der Waals surface area (Å²) in [6.07, 6.45) is 2.72. The smallest absolute Gasteiger partial charge is 0.227 e. The van der Waals surface area contributed by atoms with Gasteiger partial charge in [0.25, 0.3) is 0 Å². The van der Waals surface area contributed by atoms with Crippen LogP contribution in [0.3, 0.4) is 0 Å². The molecule has 1 aromatic carbocycles. The molecule has 2 aliphatic rings. The van der Waals surface area contributed by atoms with E-state index < -0.39 is 10.0 Å². The summed E-state index contributed by atoms with van der Waals surface area (Å²) in [7, 11) is -3.23. The van der Waals surface area contributed by atoms with Gasteiger partial charge in [-0.2, -0.15) is 0 Å². The van der Waals surface area contributed by atoms with Crippen LogP contribution in [-0.4, -0.2) is 69.1 Å². The van der Waals surface area contributed by atoms with Gasteiger partial charge in [0.2, 0.25) is 15.9 Å². The van der Waals surface area contributed by atoms with Gasteiger partial charge in [0.1, 0.15) is 0 Å². The minimum absolute atomic E-state index is 0.0825. The standard InChI is InChI=1S/C17H24ClN3O3S/c1-25(23,24)21-7-3-4-14(13-21)17(22)20-10-8-19(9-11-20)16-6-2-5-15(18)12-16/h2,5-6,12,14H,3-4,7-11,13H2,1H3/t14-/m0/s1. The molecule has 138 valence electrons. The van der Waals surface area contributed by atoms with E-state index in [4.69, 9.17) is 11.6 Å². The van der Waals surface area contributed by atoms with Crippen LogP contribution in [0.25, 0.3) is 0 Å². The lowest BCUT2D eigenvalue weighted by Gasteiger charge is -2.39. The van der Waals surface area contributed by atoms with E-state index in [1.54, 1.807) is 0 Å². The molecule has 0 radical (unpaired) electrons. The maximum absolute atomic E-state index is 12.8. The van der Waals surface area contributed by atoms with Crippen molar-refractivity contribution in [3.63, 3.8) is 0 Å². The van der Waals surface area contributed by atoms with Crippen LogP contribution in [0.2, 0.25) is 5.02 Å². The van der Waals surface area contributed by atoms with E-state index >= 15 is 0 Å². The number of rotatable bonds is 3. The molecular weight excluding hydrogens is 362 g/mol. The van der Waals surface area contributed by atoms with E-state index in [0.29, 0.717) is 31.2 Å². The number of piperazine rings is 1. The van der Waals surface area contributed by atoms with Crippen LogP contribution in [0, 0.1) is 5.92 Å². The Balaban J connectivity index is 1.58. The number of benzene rings is 1. The van der Waals surface area contributed by atoms with E-state index in [9.17, 15) is 13.2 Å². The van der Waals surface area contributed by atoms with Crippen LogP contribution in [-0.2, 0) is 14.8 Å². The summed E-state index contributed by atoms with van der Waals surface area (Å²) in [6.45, 7) is 3.65. The number of carbonyl (C=O) groups is 1. The average molecular weight is 386 g/mol. The zero-order valence-corrected chi connectivity index (χ0v) is 16.0. The van der Waals surface area contributed by atoms with Gasteiger partial charge in [-0.25, -0.2) is 12.7 Å². The molecule has 2 aliphatic heterocycles. The first-order valence-electron chi connectivity index (χ1n) is 8.59. The Morgan fingerprint density at radius 3 is 2.52 bits per heavy atom. The number of anilines is 1. The SMILES string of the molecule is CS(=O)(=O)N1CCC[C@H](C(=O)N2CCN(c3cccc(Cl)c3)CC2)C1. The fourth-order valence-electron chi connectivity index (χ4n) is 3.56. The third kappa shape index (κ3) is 4.46. The predicted molar refractivity (Wildman–Crippen MR) is 99.4 cm³/mol. The third-order valence-electron chi connectivity index (χ3n) is 4.97. The number of nitrogens with zero attached hydrogens (tertiary/aromatic N) is 3. The molecule has 0 spiro atoms. The largest absolute Gasteiger partial charge is 0.368 e. The van der Waals surface area contributed by atoms with Crippen LogP contribution in [0.5, 0.6) is 0 Å². The van der Waals surface area contributed by atoms with Gasteiger partial charge < -0.3 is 9.80 Å². The summed E-state index contributed by atoms with van der Waals surface area (Å²) in [6, 6.07) is 7.73.